The Kier molecular flexibility index (Phi) is 6.75. The summed E-state index contributed by atoms with van der Waals surface area (Å²) in [6.45, 7) is 4.50. The van der Waals surface area contributed by atoms with Gasteiger partial charge in [-0.25, -0.2) is 14.4 Å². The third-order valence-corrected chi connectivity index (χ3v) is 7.33. The summed E-state index contributed by atoms with van der Waals surface area (Å²) in [4.78, 5) is 35.1. The Morgan fingerprint density at radius 2 is 1.74 bits per heavy atom. The molecule has 1 aliphatic heterocycles. The second-order valence-corrected chi connectivity index (χ2v) is 9.66. The van der Waals surface area contributed by atoms with Gasteiger partial charge in [0.15, 0.2) is 23.2 Å². The molecule has 194 valence electrons. The lowest BCUT2D eigenvalue weighted by Crippen LogP contribution is -2.47. The fourth-order valence-electron chi connectivity index (χ4n) is 5.07. The van der Waals surface area contributed by atoms with E-state index in [0.717, 1.165) is 22.9 Å². The molecule has 38 heavy (non-hydrogen) atoms. The first-order valence-electron chi connectivity index (χ1n) is 12.5. The normalized spacial score (nSPS) is 14.9. The number of aliphatic carboxylic acids is 1. The van der Waals surface area contributed by atoms with Gasteiger partial charge in [-0.1, -0.05) is 54.6 Å². The standard InChI is InChI=1S/C29H28FN5O3/c1-19-8-6-7-9-21(19)18-35-25(20(2)36)16-24(33-35)26-31-17-23(30)27(32-26)34-14-12-29(13-15-34,28(37)38)22-10-4-3-5-11-22/h3-11,16-17H,12-15,18H2,1-2H3,(H,37,38). The molecule has 1 aliphatic rings. The lowest BCUT2D eigenvalue weighted by molar-refractivity contribution is -0.144. The zero-order valence-electron chi connectivity index (χ0n) is 21.3. The third kappa shape index (κ3) is 4.67. The maximum Gasteiger partial charge on any atom is 0.314 e. The topological polar surface area (TPSA) is 101 Å². The van der Waals surface area contributed by atoms with Gasteiger partial charge < -0.3 is 10.0 Å². The number of hydrogen-bond acceptors (Lipinski definition) is 6. The Morgan fingerprint density at radius 1 is 1.05 bits per heavy atom. The van der Waals surface area contributed by atoms with Crippen LogP contribution in [-0.4, -0.2) is 49.7 Å². The second-order valence-electron chi connectivity index (χ2n) is 9.66. The molecule has 3 heterocycles. The number of Topliss-reactive ketones (excluding diaryl/α,β-unsaturated/α-hetero) is 1. The molecule has 9 heteroatoms. The van der Waals surface area contributed by atoms with Crippen LogP contribution >= 0.6 is 0 Å². The lowest BCUT2D eigenvalue weighted by atomic mass is 9.73. The molecule has 4 aromatic rings. The molecule has 0 amide bonds. The maximum absolute atomic E-state index is 14.9. The van der Waals surface area contributed by atoms with Crippen molar-refractivity contribution in [2.45, 2.75) is 38.6 Å². The molecule has 0 unspecified atom stereocenters. The number of carboxylic acids is 1. The van der Waals surface area contributed by atoms with Crippen molar-refractivity contribution in [2.24, 2.45) is 0 Å². The number of rotatable bonds is 7. The monoisotopic (exact) mass is 513 g/mol. The highest BCUT2D eigenvalue weighted by atomic mass is 19.1. The second kappa shape index (κ2) is 10.2. The van der Waals surface area contributed by atoms with Crippen molar-refractivity contribution >= 4 is 17.6 Å². The van der Waals surface area contributed by atoms with Crippen LogP contribution < -0.4 is 4.90 Å². The number of carbonyl (C=O) groups is 2. The van der Waals surface area contributed by atoms with Crippen molar-refractivity contribution in [3.8, 4) is 11.5 Å². The Morgan fingerprint density at radius 3 is 2.39 bits per heavy atom. The minimum absolute atomic E-state index is 0.0971. The summed E-state index contributed by atoms with van der Waals surface area (Å²) < 4.78 is 16.5. The molecule has 1 N–H and O–H groups in total. The summed E-state index contributed by atoms with van der Waals surface area (Å²) in [5, 5.41) is 14.7. The Bertz CT molecular complexity index is 1490. The predicted molar refractivity (Wildman–Crippen MR) is 141 cm³/mol. The number of anilines is 1. The maximum atomic E-state index is 14.9. The van der Waals surface area contributed by atoms with Crippen LogP contribution in [0.25, 0.3) is 11.5 Å². The number of halogens is 1. The number of aryl methyl sites for hydroxylation is 1. The summed E-state index contributed by atoms with van der Waals surface area (Å²) in [6, 6.07) is 18.7. The summed E-state index contributed by atoms with van der Waals surface area (Å²) in [5.41, 5.74) is 2.59. The van der Waals surface area contributed by atoms with Crippen LogP contribution in [0.15, 0.2) is 66.9 Å². The molecule has 0 bridgehead atoms. The summed E-state index contributed by atoms with van der Waals surface area (Å²) in [6.07, 6.45) is 1.72. The van der Waals surface area contributed by atoms with E-state index in [-0.39, 0.29) is 17.4 Å². The highest BCUT2D eigenvalue weighted by molar-refractivity contribution is 5.93. The molecule has 0 radical (unpaired) electrons. The van der Waals surface area contributed by atoms with E-state index in [1.165, 1.54) is 6.92 Å². The number of carboxylic acid groups (broad SMARTS) is 1. The van der Waals surface area contributed by atoms with E-state index in [1.807, 2.05) is 61.5 Å². The SMILES string of the molecule is CC(=O)c1cc(-c2ncc(F)c(N3CCC(C(=O)O)(c4ccccc4)CC3)n2)nn1Cc1ccccc1C. The summed E-state index contributed by atoms with van der Waals surface area (Å²) >= 11 is 0. The van der Waals surface area contributed by atoms with Gasteiger partial charge in [-0.05, 0) is 42.5 Å². The highest BCUT2D eigenvalue weighted by Crippen LogP contribution is 2.37. The number of benzene rings is 2. The smallest absolute Gasteiger partial charge is 0.314 e. The third-order valence-electron chi connectivity index (χ3n) is 7.33. The molecule has 0 saturated carbocycles. The van der Waals surface area contributed by atoms with Crippen molar-refractivity contribution in [3.05, 3.63) is 95.1 Å². The van der Waals surface area contributed by atoms with E-state index in [1.54, 1.807) is 15.6 Å². The van der Waals surface area contributed by atoms with Gasteiger partial charge in [0.1, 0.15) is 11.4 Å². The van der Waals surface area contributed by atoms with Crippen molar-refractivity contribution in [1.82, 2.24) is 19.7 Å². The highest BCUT2D eigenvalue weighted by Gasteiger charge is 2.43. The summed E-state index contributed by atoms with van der Waals surface area (Å²) in [7, 11) is 0. The number of carbonyl (C=O) groups excluding carboxylic acids is 1. The largest absolute Gasteiger partial charge is 0.481 e. The van der Waals surface area contributed by atoms with Crippen molar-refractivity contribution < 1.29 is 19.1 Å². The zero-order chi connectivity index (χ0) is 26.9. The predicted octanol–water partition coefficient (Wildman–Crippen LogP) is 4.66. The Labute approximate surface area is 219 Å². The number of nitrogens with zero attached hydrogens (tertiary/aromatic N) is 5. The first-order valence-corrected chi connectivity index (χ1v) is 12.5. The van der Waals surface area contributed by atoms with E-state index in [9.17, 15) is 19.1 Å². The molecular weight excluding hydrogens is 485 g/mol. The van der Waals surface area contributed by atoms with E-state index >= 15 is 0 Å². The van der Waals surface area contributed by atoms with Gasteiger partial charge in [0.05, 0.1) is 18.2 Å². The van der Waals surface area contributed by atoms with Gasteiger partial charge in [-0.15, -0.1) is 0 Å². The van der Waals surface area contributed by atoms with Crippen LogP contribution in [-0.2, 0) is 16.8 Å². The molecule has 0 spiro atoms. The number of ketones is 1. The molecule has 2 aromatic heterocycles. The first-order chi connectivity index (χ1) is 18.3. The average Bonchev–Trinajstić information content (AvgIpc) is 3.35. The fourth-order valence-corrected chi connectivity index (χ4v) is 5.07. The first kappa shape index (κ1) is 25.3. The number of piperidine rings is 1. The quantitative estimate of drug-likeness (QED) is 0.359. The van der Waals surface area contributed by atoms with E-state index in [0.29, 0.717) is 43.9 Å². The van der Waals surface area contributed by atoms with Crippen LogP contribution in [0.1, 0.15) is 46.9 Å². The minimum atomic E-state index is -1.03. The molecule has 2 aromatic carbocycles. The lowest BCUT2D eigenvalue weighted by Gasteiger charge is -2.39. The fraction of sp³-hybridized carbons (Fsp3) is 0.276. The van der Waals surface area contributed by atoms with Crippen LogP contribution in [0.5, 0.6) is 0 Å². The van der Waals surface area contributed by atoms with Crippen LogP contribution in [0, 0.1) is 12.7 Å². The van der Waals surface area contributed by atoms with Crippen LogP contribution in [0.4, 0.5) is 10.2 Å². The number of hydrogen-bond donors (Lipinski definition) is 1. The zero-order valence-corrected chi connectivity index (χ0v) is 21.3. The van der Waals surface area contributed by atoms with Crippen LogP contribution in [0.3, 0.4) is 0 Å². The summed E-state index contributed by atoms with van der Waals surface area (Å²) in [5.74, 6) is -1.34. The molecule has 5 rings (SSSR count). The van der Waals surface area contributed by atoms with Crippen molar-refractivity contribution in [1.29, 1.82) is 0 Å². The molecule has 8 nitrogen and oxygen atoms in total. The minimum Gasteiger partial charge on any atom is -0.481 e. The Balaban J connectivity index is 1.43. The van der Waals surface area contributed by atoms with E-state index in [4.69, 9.17) is 0 Å². The van der Waals surface area contributed by atoms with Gasteiger partial charge in [-0.2, -0.15) is 5.10 Å². The molecule has 1 fully saturated rings. The van der Waals surface area contributed by atoms with E-state index < -0.39 is 17.2 Å². The molecule has 1 saturated heterocycles. The van der Waals surface area contributed by atoms with E-state index in [2.05, 4.69) is 15.1 Å². The van der Waals surface area contributed by atoms with Crippen molar-refractivity contribution in [3.63, 3.8) is 0 Å². The van der Waals surface area contributed by atoms with Gasteiger partial charge in [-0.3, -0.25) is 14.3 Å². The Hall–Kier alpha value is -4.40. The van der Waals surface area contributed by atoms with Gasteiger partial charge in [0.2, 0.25) is 0 Å². The van der Waals surface area contributed by atoms with Crippen LogP contribution in [0.2, 0.25) is 0 Å². The number of aromatic nitrogens is 4. The van der Waals surface area contributed by atoms with Gasteiger partial charge >= 0.3 is 5.97 Å². The molecular formula is C29H28FN5O3. The molecule has 0 atom stereocenters. The van der Waals surface area contributed by atoms with Gasteiger partial charge in [0, 0.05) is 20.0 Å². The average molecular weight is 514 g/mol. The van der Waals surface area contributed by atoms with Gasteiger partial charge in [0.25, 0.3) is 0 Å². The van der Waals surface area contributed by atoms with Crippen molar-refractivity contribution in [2.75, 3.05) is 18.0 Å². The molecule has 0 aliphatic carbocycles.